The fraction of sp³-hybridized carbons (Fsp3) is 0.200. The highest BCUT2D eigenvalue weighted by molar-refractivity contribution is 6.29. The van der Waals surface area contributed by atoms with E-state index in [4.69, 9.17) is 16.7 Å². The van der Waals surface area contributed by atoms with E-state index >= 15 is 0 Å². The van der Waals surface area contributed by atoms with Gasteiger partial charge in [-0.25, -0.2) is 4.98 Å². The van der Waals surface area contributed by atoms with Crippen molar-refractivity contribution in [2.75, 3.05) is 11.9 Å². The van der Waals surface area contributed by atoms with Gasteiger partial charge in [-0.2, -0.15) is 0 Å². The summed E-state index contributed by atoms with van der Waals surface area (Å²) < 4.78 is 0. The molecule has 2 N–H and O–H groups in total. The van der Waals surface area contributed by atoms with E-state index in [9.17, 15) is 4.79 Å². The minimum atomic E-state index is -0.228. The fourth-order valence-corrected chi connectivity index (χ4v) is 1.91. The molecule has 0 aliphatic rings. The number of halogens is 1. The predicted molar refractivity (Wildman–Crippen MR) is 79.0 cm³/mol. The molecule has 2 rings (SSSR count). The van der Waals surface area contributed by atoms with Crippen LogP contribution >= 0.6 is 11.6 Å². The van der Waals surface area contributed by atoms with Gasteiger partial charge in [-0.3, -0.25) is 4.79 Å². The topological polar surface area (TPSA) is 62.2 Å². The van der Waals surface area contributed by atoms with E-state index < -0.39 is 0 Å². The third-order valence-electron chi connectivity index (χ3n) is 2.80. The number of nitrogens with zero attached hydrogens (tertiary/aromatic N) is 1. The monoisotopic (exact) mass is 290 g/mol. The Balaban J connectivity index is 2.05. The lowest BCUT2D eigenvalue weighted by molar-refractivity contribution is 0.102. The summed E-state index contributed by atoms with van der Waals surface area (Å²) in [6, 6.07) is 10.8. The van der Waals surface area contributed by atoms with E-state index in [0.29, 0.717) is 17.1 Å². The molecule has 0 fully saturated rings. The molecule has 1 aromatic carbocycles. The van der Waals surface area contributed by atoms with Crippen LogP contribution in [0.25, 0.3) is 0 Å². The third-order valence-corrected chi connectivity index (χ3v) is 3.02. The van der Waals surface area contributed by atoms with Crippen molar-refractivity contribution in [1.29, 1.82) is 0 Å². The van der Waals surface area contributed by atoms with Crippen LogP contribution in [0.3, 0.4) is 0 Å². The normalized spacial score (nSPS) is 10.3. The van der Waals surface area contributed by atoms with Gasteiger partial charge in [0.15, 0.2) is 0 Å². The quantitative estimate of drug-likeness (QED) is 0.832. The second-order valence-corrected chi connectivity index (χ2v) is 4.74. The Morgan fingerprint density at radius 3 is 2.85 bits per heavy atom. The van der Waals surface area contributed by atoms with Crippen LogP contribution in [0.4, 0.5) is 5.69 Å². The average Bonchev–Trinajstić information content (AvgIpc) is 2.46. The van der Waals surface area contributed by atoms with Crippen molar-refractivity contribution in [2.45, 2.75) is 12.8 Å². The first-order valence-corrected chi connectivity index (χ1v) is 6.69. The molecule has 1 amide bonds. The highest BCUT2D eigenvalue weighted by atomic mass is 35.5. The summed E-state index contributed by atoms with van der Waals surface area (Å²) in [4.78, 5) is 15.9. The number of hydrogen-bond donors (Lipinski definition) is 2. The van der Waals surface area contributed by atoms with Crippen molar-refractivity contribution >= 4 is 23.2 Å². The molecule has 0 bridgehead atoms. The molecule has 1 heterocycles. The van der Waals surface area contributed by atoms with Crippen molar-refractivity contribution in [3.05, 3.63) is 58.9 Å². The van der Waals surface area contributed by atoms with Gasteiger partial charge in [-0.15, -0.1) is 0 Å². The zero-order valence-corrected chi connectivity index (χ0v) is 11.6. The number of nitrogens with one attached hydrogen (secondary N) is 1. The molecule has 0 aliphatic heterocycles. The van der Waals surface area contributed by atoms with Gasteiger partial charge in [0.2, 0.25) is 0 Å². The lowest BCUT2D eigenvalue weighted by atomic mass is 10.1. The highest BCUT2D eigenvalue weighted by Gasteiger charge is 2.06. The summed E-state index contributed by atoms with van der Waals surface area (Å²) in [5.74, 6) is -0.228. The SMILES string of the molecule is O=C(Nc1cccc(CCCO)c1)c1ccc(Cl)nc1. The molecule has 0 unspecified atom stereocenters. The molecule has 1 aromatic heterocycles. The predicted octanol–water partition coefficient (Wildman–Crippen LogP) is 2.91. The van der Waals surface area contributed by atoms with Crippen molar-refractivity contribution < 1.29 is 9.90 Å². The minimum Gasteiger partial charge on any atom is -0.396 e. The standard InChI is InChI=1S/C15H15ClN2O2/c16-14-7-6-12(10-17-14)15(20)18-13-5-1-3-11(9-13)4-2-8-19/h1,3,5-7,9-10,19H,2,4,8H2,(H,18,20). The number of aromatic nitrogens is 1. The fourth-order valence-electron chi connectivity index (χ4n) is 1.80. The number of anilines is 1. The number of carbonyl (C=O) groups is 1. The first kappa shape index (κ1) is 14.5. The molecule has 104 valence electrons. The molecule has 2 aromatic rings. The van der Waals surface area contributed by atoms with Crippen molar-refractivity contribution in [3.63, 3.8) is 0 Å². The maximum absolute atomic E-state index is 12.0. The molecule has 0 spiro atoms. The molecular weight excluding hydrogens is 276 g/mol. The zero-order valence-electron chi connectivity index (χ0n) is 10.8. The average molecular weight is 291 g/mol. The Kier molecular flexibility index (Phi) is 5.09. The summed E-state index contributed by atoms with van der Waals surface area (Å²) in [5, 5.41) is 12.0. The Bertz CT molecular complexity index is 585. The molecule has 0 atom stereocenters. The van der Waals surface area contributed by atoms with Crippen LogP contribution in [0, 0.1) is 0 Å². The molecule has 4 nitrogen and oxygen atoms in total. The number of carbonyl (C=O) groups excluding carboxylic acids is 1. The van der Waals surface area contributed by atoms with E-state index in [1.165, 1.54) is 6.20 Å². The second-order valence-electron chi connectivity index (χ2n) is 4.35. The third kappa shape index (κ3) is 4.05. The van der Waals surface area contributed by atoms with Crippen LogP contribution in [0.15, 0.2) is 42.6 Å². The lowest BCUT2D eigenvalue weighted by Gasteiger charge is -2.07. The van der Waals surface area contributed by atoms with E-state index in [0.717, 1.165) is 17.7 Å². The first-order valence-electron chi connectivity index (χ1n) is 6.32. The summed E-state index contributed by atoms with van der Waals surface area (Å²) in [6.45, 7) is 0.160. The summed E-state index contributed by atoms with van der Waals surface area (Å²) in [6.07, 6.45) is 2.93. The molecule has 0 aliphatic carbocycles. The van der Waals surface area contributed by atoms with E-state index in [-0.39, 0.29) is 12.5 Å². The number of aryl methyl sites for hydroxylation is 1. The number of rotatable bonds is 5. The van der Waals surface area contributed by atoms with Crippen LogP contribution in [0.1, 0.15) is 22.3 Å². The van der Waals surface area contributed by atoms with Gasteiger partial charge in [0.1, 0.15) is 5.15 Å². The maximum atomic E-state index is 12.0. The van der Waals surface area contributed by atoms with Gasteiger partial charge in [-0.05, 0) is 42.7 Å². The summed E-state index contributed by atoms with van der Waals surface area (Å²) >= 11 is 5.68. The summed E-state index contributed by atoms with van der Waals surface area (Å²) in [7, 11) is 0. The van der Waals surface area contributed by atoms with Gasteiger partial charge >= 0.3 is 0 Å². The zero-order chi connectivity index (χ0) is 14.4. The highest BCUT2D eigenvalue weighted by Crippen LogP contribution is 2.14. The van der Waals surface area contributed by atoms with Crippen molar-refractivity contribution in [2.24, 2.45) is 0 Å². The lowest BCUT2D eigenvalue weighted by Crippen LogP contribution is -2.12. The van der Waals surface area contributed by atoms with Gasteiger partial charge in [0.25, 0.3) is 5.91 Å². The Labute approximate surface area is 122 Å². The van der Waals surface area contributed by atoms with Crippen LogP contribution in [0.2, 0.25) is 5.15 Å². The molecule has 0 saturated carbocycles. The van der Waals surface area contributed by atoms with Crippen LogP contribution in [-0.2, 0) is 6.42 Å². The van der Waals surface area contributed by atoms with Gasteiger partial charge in [0, 0.05) is 18.5 Å². The number of amides is 1. The largest absolute Gasteiger partial charge is 0.396 e. The number of benzene rings is 1. The summed E-state index contributed by atoms with van der Waals surface area (Å²) in [5.41, 5.74) is 2.25. The molecular formula is C15H15ClN2O2. The van der Waals surface area contributed by atoms with E-state index in [1.807, 2.05) is 24.3 Å². The Morgan fingerprint density at radius 2 is 2.15 bits per heavy atom. The molecule has 0 saturated heterocycles. The van der Waals surface area contributed by atoms with Crippen LogP contribution < -0.4 is 5.32 Å². The number of pyridine rings is 1. The number of hydrogen-bond acceptors (Lipinski definition) is 3. The molecule has 20 heavy (non-hydrogen) atoms. The Hall–Kier alpha value is -1.91. The van der Waals surface area contributed by atoms with Gasteiger partial charge in [-0.1, -0.05) is 23.7 Å². The van der Waals surface area contributed by atoms with Crippen molar-refractivity contribution in [1.82, 2.24) is 4.98 Å². The van der Waals surface area contributed by atoms with Crippen molar-refractivity contribution in [3.8, 4) is 0 Å². The van der Waals surface area contributed by atoms with Gasteiger partial charge < -0.3 is 10.4 Å². The van der Waals surface area contributed by atoms with Gasteiger partial charge in [0.05, 0.1) is 5.56 Å². The number of aliphatic hydroxyl groups is 1. The van der Waals surface area contributed by atoms with Crippen LogP contribution in [-0.4, -0.2) is 22.6 Å². The molecule has 5 heteroatoms. The first-order chi connectivity index (χ1) is 9.69. The smallest absolute Gasteiger partial charge is 0.257 e. The van der Waals surface area contributed by atoms with Crippen LogP contribution in [0.5, 0.6) is 0 Å². The second kappa shape index (κ2) is 7.03. The maximum Gasteiger partial charge on any atom is 0.257 e. The number of aliphatic hydroxyl groups excluding tert-OH is 1. The van der Waals surface area contributed by atoms with E-state index in [1.54, 1.807) is 12.1 Å². The van der Waals surface area contributed by atoms with E-state index in [2.05, 4.69) is 10.3 Å². The molecule has 0 radical (unpaired) electrons. The Morgan fingerprint density at radius 1 is 1.30 bits per heavy atom. The minimum absolute atomic E-state index is 0.160.